The van der Waals surface area contributed by atoms with Crippen LogP contribution in [0.15, 0.2) is 48.7 Å². The average molecular weight is 371 g/mol. The maximum atomic E-state index is 13.7. The van der Waals surface area contributed by atoms with Gasteiger partial charge in [-0.2, -0.15) is 5.10 Å². The summed E-state index contributed by atoms with van der Waals surface area (Å²) in [4.78, 5) is 12.6. The third-order valence-electron chi connectivity index (χ3n) is 4.32. The normalized spacial score (nSPS) is 10.7. The van der Waals surface area contributed by atoms with Gasteiger partial charge in [0.1, 0.15) is 12.4 Å². The number of carbonyl (C=O) groups is 1. The molecule has 0 atom stereocenters. The second kappa shape index (κ2) is 7.99. The van der Waals surface area contributed by atoms with Gasteiger partial charge in [0, 0.05) is 42.0 Å². The summed E-state index contributed by atoms with van der Waals surface area (Å²) in [7, 11) is 1.84. The highest BCUT2D eigenvalue weighted by Gasteiger charge is 2.13. The molecular weight excluding hydrogens is 352 g/mol. The lowest BCUT2D eigenvalue weighted by Crippen LogP contribution is -2.24. The summed E-state index contributed by atoms with van der Waals surface area (Å²) in [5.41, 5.74) is 2.93. The van der Waals surface area contributed by atoms with Crippen molar-refractivity contribution in [3.05, 3.63) is 82.7 Å². The first-order valence-electron chi connectivity index (χ1n) is 8.37. The van der Waals surface area contributed by atoms with E-state index in [1.54, 1.807) is 35.1 Å². The number of ether oxygens (including phenoxy) is 1. The van der Waals surface area contributed by atoms with Crippen LogP contribution in [0, 0.1) is 18.6 Å². The summed E-state index contributed by atoms with van der Waals surface area (Å²) in [6.07, 6.45) is 1.71. The zero-order valence-corrected chi connectivity index (χ0v) is 15.0. The maximum absolute atomic E-state index is 13.7. The number of hydrogen-bond acceptors (Lipinski definition) is 3. The van der Waals surface area contributed by atoms with Crippen LogP contribution in [0.2, 0.25) is 0 Å². The van der Waals surface area contributed by atoms with E-state index in [1.165, 1.54) is 6.07 Å². The first-order chi connectivity index (χ1) is 13.0. The molecule has 0 fully saturated rings. The van der Waals surface area contributed by atoms with Gasteiger partial charge in [-0.25, -0.2) is 8.78 Å². The highest BCUT2D eigenvalue weighted by Crippen LogP contribution is 2.20. The molecule has 0 saturated heterocycles. The summed E-state index contributed by atoms with van der Waals surface area (Å²) in [5.74, 6) is -1.80. The van der Waals surface area contributed by atoms with E-state index in [1.807, 2.05) is 14.0 Å². The minimum absolute atomic E-state index is 0.0158. The van der Waals surface area contributed by atoms with Gasteiger partial charge in [-0.3, -0.25) is 9.48 Å². The molecule has 0 spiro atoms. The third kappa shape index (κ3) is 4.31. The number of benzene rings is 2. The van der Waals surface area contributed by atoms with E-state index in [0.717, 1.165) is 23.4 Å². The smallest absolute Gasteiger partial charge is 0.251 e. The van der Waals surface area contributed by atoms with E-state index in [0.29, 0.717) is 17.7 Å². The summed E-state index contributed by atoms with van der Waals surface area (Å²) >= 11 is 0. The second-order valence-electron chi connectivity index (χ2n) is 6.08. The van der Waals surface area contributed by atoms with Gasteiger partial charge in [0.2, 0.25) is 0 Å². The molecule has 1 amide bonds. The molecule has 1 heterocycles. The van der Waals surface area contributed by atoms with E-state index in [-0.39, 0.29) is 18.3 Å². The molecule has 140 valence electrons. The number of nitrogens with one attached hydrogen (secondary N) is 1. The van der Waals surface area contributed by atoms with Crippen LogP contribution in [0.4, 0.5) is 8.78 Å². The highest BCUT2D eigenvalue weighted by atomic mass is 19.1. The fraction of sp³-hybridized carbons (Fsp3) is 0.200. The molecule has 0 unspecified atom stereocenters. The van der Waals surface area contributed by atoms with Crippen LogP contribution >= 0.6 is 0 Å². The fourth-order valence-corrected chi connectivity index (χ4v) is 2.60. The van der Waals surface area contributed by atoms with Crippen molar-refractivity contribution in [1.82, 2.24) is 15.1 Å². The first kappa shape index (κ1) is 18.6. The van der Waals surface area contributed by atoms with Crippen LogP contribution in [-0.2, 0) is 20.2 Å². The lowest BCUT2D eigenvalue weighted by molar-refractivity contribution is 0.0948. The Labute approximate surface area is 155 Å². The van der Waals surface area contributed by atoms with Gasteiger partial charge >= 0.3 is 0 Å². The number of aromatic nitrogens is 2. The largest absolute Gasteiger partial charge is 0.486 e. The molecule has 1 N–H and O–H groups in total. The third-order valence-corrected chi connectivity index (χ3v) is 4.32. The molecule has 0 saturated carbocycles. The number of carbonyl (C=O) groups excluding carboxylic acids is 1. The highest BCUT2D eigenvalue weighted by molar-refractivity contribution is 5.95. The number of halogens is 2. The van der Waals surface area contributed by atoms with Gasteiger partial charge in [-0.05, 0) is 25.1 Å². The van der Waals surface area contributed by atoms with E-state index in [9.17, 15) is 13.6 Å². The van der Waals surface area contributed by atoms with Crippen molar-refractivity contribution in [2.75, 3.05) is 0 Å². The maximum Gasteiger partial charge on any atom is 0.251 e. The molecule has 2 aromatic carbocycles. The van der Waals surface area contributed by atoms with Gasteiger partial charge in [0.15, 0.2) is 11.6 Å². The molecule has 0 aliphatic heterocycles. The van der Waals surface area contributed by atoms with E-state index < -0.39 is 11.6 Å². The molecule has 3 aromatic rings. The number of aryl methyl sites for hydroxylation is 1. The molecule has 27 heavy (non-hydrogen) atoms. The van der Waals surface area contributed by atoms with Crippen LogP contribution in [-0.4, -0.2) is 15.7 Å². The summed E-state index contributed by atoms with van der Waals surface area (Å²) < 4.78 is 33.8. The minimum atomic E-state index is -0.788. The van der Waals surface area contributed by atoms with Crippen molar-refractivity contribution in [2.45, 2.75) is 20.1 Å². The number of nitrogens with zero attached hydrogens (tertiary/aromatic N) is 2. The Balaban J connectivity index is 1.69. The molecule has 0 bridgehead atoms. The van der Waals surface area contributed by atoms with Gasteiger partial charge in [-0.15, -0.1) is 0 Å². The number of amides is 1. The summed E-state index contributed by atoms with van der Waals surface area (Å²) in [6.45, 7) is 2.26. The zero-order valence-electron chi connectivity index (χ0n) is 15.0. The lowest BCUT2D eigenvalue weighted by Gasteiger charge is -2.12. The van der Waals surface area contributed by atoms with E-state index in [4.69, 9.17) is 4.74 Å². The van der Waals surface area contributed by atoms with Gasteiger partial charge in [0.05, 0.1) is 6.20 Å². The predicted molar refractivity (Wildman–Crippen MR) is 96.2 cm³/mol. The standard InChI is InChI=1S/C20H19F2N3O2/c1-13-15(11-24-25(13)2)10-23-20(26)17-6-4-3-5-14(17)12-27-19-8-7-16(21)9-18(19)22/h3-9,11H,10,12H2,1-2H3,(H,23,26). The Kier molecular flexibility index (Phi) is 5.49. The van der Waals surface area contributed by atoms with E-state index in [2.05, 4.69) is 10.4 Å². The molecule has 1 aromatic heterocycles. The van der Waals surface area contributed by atoms with Crippen LogP contribution in [0.25, 0.3) is 0 Å². The molecule has 3 rings (SSSR count). The monoisotopic (exact) mass is 371 g/mol. The zero-order chi connectivity index (χ0) is 19.4. The predicted octanol–water partition coefficient (Wildman–Crippen LogP) is 3.52. The van der Waals surface area contributed by atoms with Crippen molar-refractivity contribution in [3.8, 4) is 5.75 Å². The Morgan fingerprint density at radius 3 is 2.67 bits per heavy atom. The average Bonchev–Trinajstić information content (AvgIpc) is 2.97. The van der Waals surface area contributed by atoms with Crippen molar-refractivity contribution < 1.29 is 18.3 Å². The van der Waals surface area contributed by atoms with Crippen LogP contribution in [0.5, 0.6) is 5.75 Å². The van der Waals surface area contributed by atoms with Crippen molar-refractivity contribution >= 4 is 5.91 Å². The fourth-order valence-electron chi connectivity index (χ4n) is 2.60. The molecular formula is C20H19F2N3O2. The Bertz CT molecular complexity index is 970. The molecule has 0 aliphatic carbocycles. The quantitative estimate of drug-likeness (QED) is 0.721. The second-order valence-corrected chi connectivity index (χ2v) is 6.08. The SMILES string of the molecule is Cc1c(CNC(=O)c2ccccc2COc2ccc(F)cc2F)cnn1C. The van der Waals surface area contributed by atoms with Crippen LogP contribution in [0.1, 0.15) is 27.2 Å². The summed E-state index contributed by atoms with van der Waals surface area (Å²) in [6, 6.07) is 10.0. The van der Waals surface area contributed by atoms with E-state index >= 15 is 0 Å². The van der Waals surface area contributed by atoms with Crippen molar-refractivity contribution in [3.63, 3.8) is 0 Å². The van der Waals surface area contributed by atoms with Crippen LogP contribution < -0.4 is 10.1 Å². The Morgan fingerprint density at radius 2 is 1.96 bits per heavy atom. The molecule has 0 aliphatic rings. The molecule has 7 heteroatoms. The van der Waals surface area contributed by atoms with Crippen molar-refractivity contribution in [1.29, 1.82) is 0 Å². The number of hydrogen-bond donors (Lipinski definition) is 1. The lowest BCUT2D eigenvalue weighted by atomic mass is 10.1. The topological polar surface area (TPSA) is 56.1 Å². The van der Waals surface area contributed by atoms with Gasteiger partial charge in [-0.1, -0.05) is 18.2 Å². The first-order valence-corrected chi connectivity index (χ1v) is 8.37. The number of rotatable bonds is 6. The Hall–Kier alpha value is -3.22. The van der Waals surface area contributed by atoms with Gasteiger partial charge in [0.25, 0.3) is 5.91 Å². The summed E-state index contributed by atoms with van der Waals surface area (Å²) in [5, 5.41) is 7.00. The van der Waals surface area contributed by atoms with Crippen molar-refractivity contribution in [2.24, 2.45) is 7.05 Å². The molecule has 5 nitrogen and oxygen atoms in total. The molecule has 0 radical (unpaired) electrons. The van der Waals surface area contributed by atoms with Crippen LogP contribution in [0.3, 0.4) is 0 Å². The van der Waals surface area contributed by atoms with Gasteiger partial charge < -0.3 is 10.1 Å². The Morgan fingerprint density at radius 1 is 1.19 bits per heavy atom. The minimum Gasteiger partial charge on any atom is -0.486 e.